The van der Waals surface area contributed by atoms with Crippen LogP contribution in [0, 0.1) is 0 Å². The third-order valence-electron chi connectivity index (χ3n) is 4.59. The van der Waals surface area contributed by atoms with Gasteiger partial charge >= 0.3 is 5.69 Å². The summed E-state index contributed by atoms with van der Waals surface area (Å²) < 4.78 is 8.87. The summed E-state index contributed by atoms with van der Waals surface area (Å²) in [4.78, 5) is 24.4. The Kier molecular flexibility index (Phi) is 6.76. The van der Waals surface area contributed by atoms with Crippen molar-refractivity contribution in [1.82, 2.24) is 14.5 Å². The number of aryl methyl sites for hydroxylation is 2. The molecule has 3 rings (SSSR count). The van der Waals surface area contributed by atoms with Crippen molar-refractivity contribution in [2.45, 2.75) is 25.8 Å². The number of ether oxygens (including phenoxy) is 1. The number of rotatable bonds is 9. The van der Waals surface area contributed by atoms with Crippen LogP contribution in [0.5, 0.6) is 5.75 Å². The van der Waals surface area contributed by atoms with Gasteiger partial charge in [0.25, 0.3) is 0 Å². The number of fused-ring (bicyclic) bond motifs is 1. The summed E-state index contributed by atoms with van der Waals surface area (Å²) in [5.74, 6) is 0.729. The SMILES string of the molecule is Cn1c(=O)n(CCC(=O)NCCCCOc2ccc(Cl)cc2)c2ccccc21. The van der Waals surface area contributed by atoms with Gasteiger partial charge in [0.15, 0.2) is 0 Å². The van der Waals surface area contributed by atoms with Gasteiger partial charge in [-0.1, -0.05) is 23.7 Å². The molecule has 0 spiro atoms. The van der Waals surface area contributed by atoms with Gasteiger partial charge in [0, 0.05) is 31.6 Å². The molecule has 0 bridgehead atoms. The molecule has 1 heterocycles. The van der Waals surface area contributed by atoms with E-state index in [0.717, 1.165) is 29.6 Å². The molecule has 1 N–H and O–H groups in total. The van der Waals surface area contributed by atoms with Gasteiger partial charge in [-0.05, 0) is 49.2 Å². The second-order valence-electron chi connectivity index (χ2n) is 6.59. The number of unbranched alkanes of at least 4 members (excludes halogenated alkanes) is 1. The predicted octanol–water partition coefficient (Wildman–Crippen LogP) is 3.36. The highest BCUT2D eigenvalue weighted by molar-refractivity contribution is 6.30. The number of hydrogen-bond acceptors (Lipinski definition) is 3. The molecule has 2 aromatic carbocycles. The number of imidazole rings is 1. The average Bonchev–Trinajstić information content (AvgIpc) is 2.95. The summed E-state index contributed by atoms with van der Waals surface area (Å²) in [6.45, 7) is 1.54. The Balaban J connectivity index is 1.37. The maximum atomic E-state index is 12.3. The Morgan fingerprint density at radius 2 is 1.79 bits per heavy atom. The first kappa shape index (κ1) is 20.0. The number of amides is 1. The molecular formula is C21H24ClN3O3. The van der Waals surface area contributed by atoms with E-state index in [1.807, 2.05) is 36.4 Å². The number of nitrogens with one attached hydrogen (secondary N) is 1. The van der Waals surface area contributed by atoms with Gasteiger partial charge < -0.3 is 10.1 Å². The highest BCUT2D eigenvalue weighted by atomic mass is 35.5. The zero-order valence-corrected chi connectivity index (χ0v) is 16.6. The fraction of sp³-hybridized carbons (Fsp3) is 0.333. The fourth-order valence-corrected chi connectivity index (χ4v) is 3.18. The van der Waals surface area contributed by atoms with Gasteiger partial charge in [0.2, 0.25) is 5.91 Å². The number of carbonyl (C=O) groups is 1. The van der Waals surface area contributed by atoms with Crippen LogP contribution in [0.1, 0.15) is 19.3 Å². The summed E-state index contributed by atoms with van der Waals surface area (Å²) in [7, 11) is 1.74. The fourth-order valence-electron chi connectivity index (χ4n) is 3.06. The van der Waals surface area contributed by atoms with Crippen molar-refractivity contribution >= 4 is 28.5 Å². The third-order valence-corrected chi connectivity index (χ3v) is 4.84. The van der Waals surface area contributed by atoms with Crippen LogP contribution in [0.3, 0.4) is 0 Å². The number of halogens is 1. The topological polar surface area (TPSA) is 65.3 Å². The van der Waals surface area contributed by atoms with E-state index in [0.29, 0.717) is 24.7 Å². The van der Waals surface area contributed by atoms with Gasteiger partial charge in [-0.3, -0.25) is 13.9 Å². The molecule has 28 heavy (non-hydrogen) atoms. The molecule has 0 aliphatic rings. The van der Waals surface area contributed by atoms with Crippen molar-refractivity contribution in [3.8, 4) is 5.75 Å². The number of nitrogens with zero attached hydrogens (tertiary/aromatic N) is 2. The Labute approximate surface area is 168 Å². The van der Waals surface area contributed by atoms with Gasteiger partial charge in [0.1, 0.15) is 5.75 Å². The van der Waals surface area contributed by atoms with Crippen molar-refractivity contribution in [3.05, 3.63) is 64.0 Å². The van der Waals surface area contributed by atoms with E-state index in [4.69, 9.17) is 16.3 Å². The maximum absolute atomic E-state index is 12.3. The quantitative estimate of drug-likeness (QED) is 0.559. The molecule has 0 aliphatic heterocycles. The molecule has 0 unspecified atom stereocenters. The highest BCUT2D eigenvalue weighted by Gasteiger charge is 2.11. The van der Waals surface area contributed by atoms with E-state index < -0.39 is 0 Å². The second kappa shape index (κ2) is 9.46. The minimum atomic E-state index is -0.103. The van der Waals surface area contributed by atoms with E-state index >= 15 is 0 Å². The smallest absolute Gasteiger partial charge is 0.328 e. The van der Waals surface area contributed by atoms with Gasteiger partial charge in [0.05, 0.1) is 17.6 Å². The van der Waals surface area contributed by atoms with Crippen LogP contribution in [0.15, 0.2) is 53.3 Å². The van der Waals surface area contributed by atoms with Crippen molar-refractivity contribution < 1.29 is 9.53 Å². The molecule has 1 aromatic heterocycles. The van der Waals surface area contributed by atoms with Crippen LogP contribution >= 0.6 is 11.6 Å². The molecular weight excluding hydrogens is 378 g/mol. The van der Waals surface area contributed by atoms with Crippen molar-refractivity contribution in [2.24, 2.45) is 7.05 Å². The van der Waals surface area contributed by atoms with Crippen LogP contribution in [-0.4, -0.2) is 28.2 Å². The van der Waals surface area contributed by atoms with Crippen molar-refractivity contribution in [2.75, 3.05) is 13.2 Å². The summed E-state index contributed by atoms with van der Waals surface area (Å²) in [6.07, 6.45) is 1.94. The standard InChI is InChI=1S/C21H24ClN3O3/c1-24-18-6-2-3-7-19(18)25(21(24)27)14-12-20(26)23-13-4-5-15-28-17-10-8-16(22)9-11-17/h2-3,6-11H,4-5,12-15H2,1H3,(H,23,26). The molecule has 0 saturated carbocycles. The lowest BCUT2D eigenvalue weighted by atomic mass is 10.3. The predicted molar refractivity (Wildman–Crippen MR) is 111 cm³/mol. The number of para-hydroxylation sites is 2. The third kappa shape index (κ3) is 4.95. The Morgan fingerprint density at radius 3 is 2.54 bits per heavy atom. The maximum Gasteiger partial charge on any atom is 0.328 e. The molecule has 6 nitrogen and oxygen atoms in total. The van der Waals surface area contributed by atoms with Gasteiger partial charge in [-0.25, -0.2) is 4.79 Å². The van der Waals surface area contributed by atoms with Gasteiger partial charge in [-0.2, -0.15) is 0 Å². The molecule has 0 radical (unpaired) electrons. The van der Waals surface area contributed by atoms with E-state index in [-0.39, 0.29) is 18.0 Å². The average molecular weight is 402 g/mol. The molecule has 0 saturated heterocycles. The monoisotopic (exact) mass is 401 g/mol. The lowest BCUT2D eigenvalue weighted by Crippen LogP contribution is -2.28. The zero-order chi connectivity index (χ0) is 19.9. The van der Waals surface area contributed by atoms with Crippen LogP contribution < -0.4 is 15.7 Å². The molecule has 0 fully saturated rings. The van der Waals surface area contributed by atoms with Crippen molar-refractivity contribution in [3.63, 3.8) is 0 Å². The summed E-state index contributed by atoms with van der Waals surface area (Å²) >= 11 is 5.83. The largest absolute Gasteiger partial charge is 0.494 e. The van der Waals surface area contributed by atoms with Crippen LogP contribution in [0.25, 0.3) is 11.0 Å². The molecule has 0 aliphatic carbocycles. The Hall–Kier alpha value is -2.73. The minimum absolute atomic E-state index is 0.0570. The zero-order valence-electron chi connectivity index (χ0n) is 15.9. The van der Waals surface area contributed by atoms with Crippen LogP contribution in [0.2, 0.25) is 5.02 Å². The van der Waals surface area contributed by atoms with Crippen LogP contribution in [0.4, 0.5) is 0 Å². The lowest BCUT2D eigenvalue weighted by molar-refractivity contribution is -0.121. The Morgan fingerprint density at radius 1 is 1.07 bits per heavy atom. The van der Waals surface area contributed by atoms with E-state index in [1.54, 1.807) is 28.3 Å². The lowest BCUT2D eigenvalue weighted by Gasteiger charge is -2.08. The first-order valence-electron chi connectivity index (χ1n) is 9.35. The molecule has 7 heteroatoms. The highest BCUT2D eigenvalue weighted by Crippen LogP contribution is 2.15. The van der Waals surface area contributed by atoms with E-state index in [1.165, 1.54) is 0 Å². The number of hydrogen-bond donors (Lipinski definition) is 1. The van der Waals surface area contributed by atoms with E-state index in [2.05, 4.69) is 5.32 Å². The summed E-state index contributed by atoms with van der Waals surface area (Å²) in [5.41, 5.74) is 1.61. The number of carbonyl (C=O) groups excluding carboxylic acids is 1. The number of aromatic nitrogens is 2. The number of benzene rings is 2. The summed E-state index contributed by atoms with van der Waals surface area (Å²) in [6, 6.07) is 14.8. The molecule has 0 atom stereocenters. The van der Waals surface area contributed by atoms with Crippen molar-refractivity contribution in [1.29, 1.82) is 0 Å². The normalized spacial score (nSPS) is 10.9. The minimum Gasteiger partial charge on any atom is -0.494 e. The molecule has 1 amide bonds. The first-order chi connectivity index (χ1) is 13.6. The van der Waals surface area contributed by atoms with E-state index in [9.17, 15) is 9.59 Å². The molecule has 3 aromatic rings. The molecule has 148 valence electrons. The van der Waals surface area contributed by atoms with Crippen LogP contribution in [-0.2, 0) is 18.4 Å². The van der Waals surface area contributed by atoms with Gasteiger partial charge in [-0.15, -0.1) is 0 Å². The Bertz CT molecular complexity index is 992. The second-order valence-corrected chi connectivity index (χ2v) is 7.03. The summed E-state index contributed by atoms with van der Waals surface area (Å²) in [5, 5.41) is 3.58. The first-order valence-corrected chi connectivity index (χ1v) is 9.73.